The number of nitrogens with one attached hydrogen (secondary N) is 3. The number of likely N-dealkylation sites (tertiary alicyclic amines) is 1. The van der Waals surface area contributed by atoms with Crippen LogP contribution in [-0.2, 0) is 25.6 Å². The summed E-state index contributed by atoms with van der Waals surface area (Å²) in [4.78, 5) is 57.3. The van der Waals surface area contributed by atoms with Gasteiger partial charge in [0.25, 0.3) is 0 Å². The molecule has 4 atom stereocenters. The van der Waals surface area contributed by atoms with Gasteiger partial charge in [-0.25, -0.2) is 9.78 Å². The minimum absolute atomic E-state index is 0.0366. The lowest BCUT2D eigenvalue weighted by Gasteiger charge is -2.28. The minimum Gasteiger partial charge on any atom is -0.480 e. The zero-order valence-corrected chi connectivity index (χ0v) is 17.5. The van der Waals surface area contributed by atoms with Crippen LogP contribution in [-0.4, -0.2) is 80.9 Å². The number of hydrogen-bond donors (Lipinski definition) is 6. The van der Waals surface area contributed by atoms with E-state index in [-0.39, 0.29) is 6.42 Å². The quantitative estimate of drug-likeness (QED) is 0.230. The second-order valence-electron chi connectivity index (χ2n) is 7.64. The van der Waals surface area contributed by atoms with Gasteiger partial charge in [-0.2, -0.15) is 0 Å². The van der Waals surface area contributed by atoms with Crippen molar-refractivity contribution >= 4 is 23.7 Å². The van der Waals surface area contributed by atoms with E-state index in [1.807, 2.05) is 0 Å². The molecule has 0 bridgehead atoms. The van der Waals surface area contributed by atoms with Crippen molar-refractivity contribution in [2.75, 3.05) is 13.1 Å². The van der Waals surface area contributed by atoms with E-state index in [4.69, 9.17) is 11.5 Å². The lowest BCUT2D eigenvalue weighted by molar-refractivity contribution is -0.144. The highest BCUT2D eigenvalue weighted by atomic mass is 16.4. The van der Waals surface area contributed by atoms with E-state index in [9.17, 15) is 24.3 Å². The van der Waals surface area contributed by atoms with Crippen LogP contribution >= 0.6 is 0 Å². The Morgan fingerprint density at radius 1 is 1.35 bits per heavy atom. The lowest BCUT2D eigenvalue weighted by atomic mass is 10.1. The summed E-state index contributed by atoms with van der Waals surface area (Å²) in [5.41, 5.74) is 11.8. The summed E-state index contributed by atoms with van der Waals surface area (Å²) in [6.07, 6.45) is 4.94. The summed E-state index contributed by atoms with van der Waals surface area (Å²) in [6.45, 7) is 2.29. The number of H-pyrrole nitrogens is 1. The molecule has 2 rings (SSSR count). The third kappa shape index (κ3) is 6.76. The third-order valence-corrected chi connectivity index (χ3v) is 5.22. The predicted octanol–water partition coefficient (Wildman–Crippen LogP) is -1.92. The maximum absolute atomic E-state index is 12.8. The van der Waals surface area contributed by atoms with E-state index in [0.29, 0.717) is 44.5 Å². The fourth-order valence-electron chi connectivity index (χ4n) is 3.49. The number of imidazole rings is 1. The molecule has 1 aliphatic rings. The van der Waals surface area contributed by atoms with Gasteiger partial charge in [0.15, 0.2) is 0 Å². The number of aromatic amines is 1. The molecule has 0 saturated carbocycles. The number of amides is 3. The number of carbonyl (C=O) groups is 4. The summed E-state index contributed by atoms with van der Waals surface area (Å²) in [5.74, 6) is -2.61. The Hall–Kier alpha value is -2.99. The fraction of sp³-hybridized carbons (Fsp3) is 0.632. The molecule has 172 valence electrons. The minimum atomic E-state index is -1.19. The lowest BCUT2D eigenvalue weighted by Crippen LogP contribution is -2.56. The molecule has 0 aromatic carbocycles. The van der Waals surface area contributed by atoms with Crippen molar-refractivity contribution in [1.82, 2.24) is 25.5 Å². The van der Waals surface area contributed by atoms with Crippen molar-refractivity contribution in [3.63, 3.8) is 0 Å². The maximum Gasteiger partial charge on any atom is 0.326 e. The number of aromatic nitrogens is 2. The zero-order valence-electron chi connectivity index (χ0n) is 17.5. The van der Waals surface area contributed by atoms with Gasteiger partial charge in [-0.05, 0) is 39.2 Å². The van der Waals surface area contributed by atoms with Gasteiger partial charge in [0.05, 0.1) is 12.4 Å². The SMILES string of the molecule is C[C@@H](NC(=O)[C@@H](N)CCCN)C(=O)N1CCC[C@H]1C(=O)N[C@@H](Cc1cnc[nH]1)C(=O)O. The van der Waals surface area contributed by atoms with Crippen LogP contribution in [0.15, 0.2) is 12.5 Å². The van der Waals surface area contributed by atoms with Gasteiger partial charge >= 0.3 is 5.97 Å². The number of hydrogen-bond acceptors (Lipinski definition) is 7. The number of aliphatic carboxylic acids is 1. The molecule has 0 unspecified atom stereocenters. The molecule has 2 heterocycles. The van der Waals surface area contributed by atoms with Gasteiger partial charge in [-0.3, -0.25) is 14.4 Å². The summed E-state index contributed by atoms with van der Waals surface area (Å²) in [6, 6.07) is -3.61. The van der Waals surface area contributed by atoms with Gasteiger partial charge in [0, 0.05) is 24.9 Å². The Morgan fingerprint density at radius 3 is 2.71 bits per heavy atom. The van der Waals surface area contributed by atoms with Gasteiger partial charge in [-0.1, -0.05) is 0 Å². The molecule has 1 aromatic heterocycles. The number of rotatable bonds is 11. The van der Waals surface area contributed by atoms with Crippen LogP contribution < -0.4 is 22.1 Å². The highest BCUT2D eigenvalue weighted by molar-refractivity contribution is 5.94. The van der Waals surface area contributed by atoms with Crippen molar-refractivity contribution in [2.24, 2.45) is 11.5 Å². The van der Waals surface area contributed by atoms with Crippen LogP contribution in [0.1, 0.15) is 38.3 Å². The fourth-order valence-corrected chi connectivity index (χ4v) is 3.49. The number of nitrogens with two attached hydrogens (primary N) is 2. The van der Waals surface area contributed by atoms with Crippen LogP contribution in [0.2, 0.25) is 0 Å². The van der Waals surface area contributed by atoms with Gasteiger partial charge < -0.3 is 37.1 Å². The van der Waals surface area contributed by atoms with Crippen molar-refractivity contribution in [3.05, 3.63) is 18.2 Å². The van der Waals surface area contributed by atoms with Crippen molar-refractivity contribution in [3.8, 4) is 0 Å². The first-order chi connectivity index (χ1) is 14.7. The summed E-state index contributed by atoms with van der Waals surface area (Å²) in [5, 5.41) is 14.5. The summed E-state index contributed by atoms with van der Waals surface area (Å²) in [7, 11) is 0. The normalized spacial score (nSPS) is 18.8. The Labute approximate surface area is 180 Å². The van der Waals surface area contributed by atoms with Crippen LogP contribution in [0.5, 0.6) is 0 Å². The van der Waals surface area contributed by atoms with Gasteiger partial charge in [0.2, 0.25) is 17.7 Å². The molecular formula is C19H31N7O5. The second-order valence-corrected chi connectivity index (χ2v) is 7.64. The van der Waals surface area contributed by atoms with E-state index in [1.54, 1.807) is 0 Å². The molecule has 12 heteroatoms. The molecular weight excluding hydrogens is 406 g/mol. The molecule has 1 fully saturated rings. The Balaban J connectivity index is 1.96. The zero-order chi connectivity index (χ0) is 23.0. The average molecular weight is 438 g/mol. The number of nitrogens with zero attached hydrogens (tertiary/aromatic N) is 2. The highest BCUT2D eigenvalue weighted by Gasteiger charge is 2.38. The maximum atomic E-state index is 12.8. The highest BCUT2D eigenvalue weighted by Crippen LogP contribution is 2.19. The molecule has 31 heavy (non-hydrogen) atoms. The van der Waals surface area contributed by atoms with Crippen molar-refractivity contribution in [2.45, 2.75) is 63.2 Å². The van der Waals surface area contributed by atoms with Crippen molar-refractivity contribution in [1.29, 1.82) is 0 Å². The predicted molar refractivity (Wildman–Crippen MR) is 110 cm³/mol. The molecule has 0 spiro atoms. The molecule has 12 nitrogen and oxygen atoms in total. The van der Waals surface area contributed by atoms with Crippen LogP contribution in [0.4, 0.5) is 0 Å². The molecule has 3 amide bonds. The van der Waals surface area contributed by atoms with E-state index in [1.165, 1.54) is 24.3 Å². The number of carbonyl (C=O) groups excluding carboxylic acids is 3. The van der Waals surface area contributed by atoms with Gasteiger partial charge in [-0.15, -0.1) is 0 Å². The monoisotopic (exact) mass is 437 g/mol. The first kappa shape index (κ1) is 24.3. The smallest absolute Gasteiger partial charge is 0.326 e. The Bertz CT molecular complexity index is 770. The van der Waals surface area contributed by atoms with E-state index >= 15 is 0 Å². The molecule has 8 N–H and O–H groups in total. The molecule has 1 aromatic rings. The number of carboxylic acids is 1. The second kappa shape index (κ2) is 11.4. The Kier molecular flexibility index (Phi) is 8.94. The van der Waals surface area contributed by atoms with Gasteiger partial charge in [0.1, 0.15) is 18.1 Å². The van der Waals surface area contributed by atoms with Crippen LogP contribution in [0.25, 0.3) is 0 Å². The first-order valence-electron chi connectivity index (χ1n) is 10.3. The third-order valence-electron chi connectivity index (χ3n) is 5.22. The van der Waals surface area contributed by atoms with Crippen molar-refractivity contribution < 1.29 is 24.3 Å². The van der Waals surface area contributed by atoms with E-state index in [2.05, 4.69) is 20.6 Å². The molecule has 0 aliphatic carbocycles. The molecule has 1 saturated heterocycles. The van der Waals surface area contributed by atoms with Crippen LogP contribution in [0, 0.1) is 0 Å². The van der Waals surface area contributed by atoms with E-state index < -0.39 is 47.9 Å². The summed E-state index contributed by atoms with van der Waals surface area (Å²) < 4.78 is 0. The standard InChI is InChI=1S/C19H31N7O5/c1-11(24-16(27)13(21)4-2-6-20)18(29)26-7-3-5-15(26)17(28)25-14(19(30)31)8-12-9-22-10-23-12/h9-11,13-15H,2-8,20-21H2,1H3,(H,22,23)(H,24,27)(H,25,28)(H,30,31)/t11-,13+,14+,15+/m1/s1. The topological polar surface area (TPSA) is 197 Å². The molecule has 0 radical (unpaired) electrons. The average Bonchev–Trinajstić information content (AvgIpc) is 3.42. The molecule has 1 aliphatic heterocycles. The van der Waals surface area contributed by atoms with Crippen LogP contribution in [0.3, 0.4) is 0 Å². The first-order valence-corrected chi connectivity index (χ1v) is 10.3. The Morgan fingerprint density at radius 2 is 2.10 bits per heavy atom. The number of carboxylic acid groups (broad SMARTS) is 1. The van der Waals surface area contributed by atoms with E-state index in [0.717, 1.165) is 0 Å². The largest absolute Gasteiger partial charge is 0.480 e. The summed E-state index contributed by atoms with van der Waals surface area (Å²) >= 11 is 0.